The van der Waals surface area contributed by atoms with Crippen LogP contribution in [0.15, 0.2) is 0 Å². The summed E-state index contributed by atoms with van der Waals surface area (Å²) >= 11 is 0. The van der Waals surface area contributed by atoms with Gasteiger partial charge >= 0.3 is 0 Å². The van der Waals surface area contributed by atoms with E-state index in [4.69, 9.17) is 0 Å². The second kappa shape index (κ2) is 6.96. The lowest BCUT2D eigenvalue weighted by Crippen LogP contribution is -2.20. The number of rotatable bonds is 1. The van der Waals surface area contributed by atoms with E-state index in [1.807, 2.05) is 13.8 Å². The fraction of sp³-hybridized carbons (Fsp3) is 1.00. The Bertz CT molecular complexity index is 25.4. The maximum absolute atomic E-state index is 2.17. The first-order chi connectivity index (χ1) is 3.64. The van der Waals surface area contributed by atoms with Gasteiger partial charge in [0.15, 0.2) is 0 Å². The molecule has 52 valence electrons. The monoisotopic (exact) mass is 117 g/mol. The van der Waals surface area contributed by atoms with E-state index in [1.54, 1.807) is 0 Å². The molecule has 1 nitrogen and oxygen atoms in total. The summed E-state index contributed by atoms with van der Waals surface area (Å²) in [5, 5.41) is 0. The zero-order chi connectivity index (χ0) is 7.15. The Labute approximate surface area is 53.7 Å². The van der Waals surface area contributed by atoms with Crippen molar-refractivity contribution in [2.24, 2.45) is 0 Å². The van der Waals surface area contributed by atoms with Crippen molar-refractivity contribution in [1.29, 1.82) is 0 Å². The minimum Gasteiger partial charge on any atom is -0.307 e. The molecule has 0 aromatic carbocycles. The fourth-order valence-corrected chi connectivity index (χ4v) is 0. The first kappa shape index (κ1) is 10.9. The third kappa shape index (κ3) is 9.35. The van der Waals surface area contributed by atoms with Gasteiger partial charge in [0.05, 0.1) is 0 Å². The van der Waals surface area contributed by atoms with Crippen LogP contribution in [0, 0.1) is 0 Å². The smallest absolute Gasteiger partial charge is 0.00324 e. The van der Waals surface area contributed by atoms with Crippen LogP contribution in [0.2, 0.25) is 0 Å². The minimum absolute atomic E-state index is 0.685. The predicted molar refractivity (Wildman–Crippen MR) is 40.2 cm³/mol. The van der Waals surface area contributed by atoms with Crippen LogP contribution in [-0.4, -0.2) is 25.0 Å². The number of hydrogen-bond acceptors (Lipinski definition) is 1. The van der Waals surface area contributed by atoms with Crippen molar-refractivity contribution in [1.82, 2.24) is 4.90 Å². The van der Waals surface area contributed by atoms with E-state index in [0.29, 0.717) is 6.04 Å². The highest BCUT2D eigenvalue weighted by atomic mass is 15.1. The van der Waals surface area contributed by atoms with E-state index >= 15 is 0 Å². The van der Waals surface area contributed by atoms with Gasteiger partial charge in [0.1, 0.15) is 0 Å². The quantitative estimate of drug-likeness (QED) is 0.507. The standard InChI is InChI=1S/C5H13N.C2H6/c1-5(2)6(3)4;1-2/h5H,1-4H3;1-2H3. The predicted octanol–water partition coefficient (Wildman–Crippen LogP) is 1.98. The van der Waals surface area contributed by atoms with E-state index in [9.17, 15) is 0 Å². The normalized spacial score (nSPS) is 9.00. The SMILES string of the molecule is CC.CC(C)N(C)C. The molecule has 0 bridgehead atoms. The summed E-state index contributed by atoms with van der Waals surface area (Å²) in [7, 11) is 4.15. The van der Waals surface area contributed by atoms with Crippen LogP contribution < -0.4 is 0 Å². The molecular formula is C7H19N. The van der Waals surface area contributed by atoms with E-state index in [0.717, 1.165) is 0 Å². The molecule has 0 unspecified atom stereocenters. The van der Waals surface area contributed by atoms with Crippen molar-refractivity contribution in [2.75, 3.05) is 14.1 Å². The summed E-state index contributed by atoms with van der Waals surface area (Å²) in [4.78, 5) is 2.17. The lowest BCUT2D eigenvalue weighted by Gasteiger charge is -2.12. The molecule has 0 heterocycles. The molecule has 0 aromatic rings. The number of hydrogen-bond donors (Lipinski definition) is 0. The van der Waals surface area contributed by atoms with Gasteiger partial charge < -0.3 is 4.90 Å². The van der Waals surface area contributed by atoms with E-state index in [-0.39, 0.29) is 0 Å². The molecular weight excluding hydrogens is 98.1 g/mol. The molecule has 0 aliphatic carbocycles. The van der Waals surface area contributed by atoms with Crippen LogP contribution >= 0.6 is 0 Å². The largest absolute Gasteiger partial charge is 0.307 e. The van der Waals surface area contributed by atoms with Gasteiger partial charge in [0, 0.05) is 6.04 Å². The Morgan fingerprint density at radius 1 is 1.00 bits per heavy atom. The summed E-state index contributed by atoms with van der Waals surface area (Å²) in [6.45, 7) is 8.33. The van der Waals surface area contributed by atoms with Crippen LogP contribution in [0.4, 0.5) is 0 Å². The molecule has 0 rings (SSSR count). The summed E-state index contributed by atoms with van der Waals surface area (Å²) in [5.74, 6) is 0. The molecule has 0 saturated carbocycles. The van der Waals surface area contributed by atoms with Crippen molar-refractivity contribution in [3.8, 4) is 0 Å². The van der Waals surface area contributed by atoms with Crippen molar-refractivity contribution in [2.45, 2.75) is 33.7 Å². The van der Waals surface area contributed by atoms with E-state index < -0.39 is 0 Å². The molecule has 0 atom stereocenters. The van der Waals surface area contributed by atoms with Crippen molar-refractivity contribution in [3.05, 3.63) is 0 Å². The van der Waals surface area contributed by atoms with Gasteiger partial charge in [-0.15, -0.1) is 0 Å². The van der Waals surface area contributed by atoms with Crippen LogP contribution in [0.5, 0.6) is 0 Å². The van der Waals surface area contributed by atoms with Crippen molar-refractivity contribution in [3.63, 3.8) is 0 Å². The second-order valence-electron chi connectivity index (χ2n) is 2.06. The Kier molecular flexibility index (Phi) is 9.44. The van der Waals surface area contributed by atoms with Gasteiger partial charge in [0.2, 0.25) is 0 Å². The van der Waals surface area contributed by atoms with Crippen molar-refractivity contribution >= 4 is 0 Å². The third-order valence-electron chi connectivity index (χ3n) is 1.03. The van der Waals surface area contributed by atoms with Crippen LogP contribution in [0.3, 0.4) is 0 Å². The van der Waals surface area contributed by atoms with Crippen LogP contribution in [-0.2, 0) is 0 Å². The minimum atomic E-state index is 0.685. The maximum atomic E-state index is 2.17. The Morgan fingerprint density at radius 3 is 1.12 bits per heavy atom. The fourth-order valence-electron chi connectivity index (χ4n) is 0. The molecule has 0 aliphatic rings. The van der Waals surface area contributed by atoms with E-state index in [2.05, 4.69) is 32.8 Å². The zero-order valence-electron chi connectivity index (χ0n) is 7.02. The number of nitrogens with zero attached hydrogens (tertiary/aromatic N) is 1. The summed E-state index contributed by atoms with van der Waals surface area (Å²) < 4.78 is 0. The summed E-state index contributed by atoms with van der Waals surface area (Å²) in [6, 6.07) is 0.685. The van der Waals surface area contributed by atoms with Gasteiger partial charge in [-0.25, -0.2) is 0 Å². The first-order valence-electron chi connectivity index (χ1n) is 3.31. The maximum Gasteiger partial charge on any atom is 0.00324 e. The molecule has 0 aromatic heterocycles. The Balaban J connectivity index is 0. The van der Waals surface area contributed by atoms with Crippen LogP contribution in [0.25, 0.3) is 0 Å². The van der Waals surface area contributed by atoms with E-state index in [1.165, 1.54) is 0 Å². The van der Waals surface area contributed by atoms with Crippen molar-refractivity contribution < 1.29 is 0 Å². The average molecular weight is 117 g/mol. The molecule has 0 amide bonds. The lowest BCUT2D eigenvalue weighted by atomic mass is 10.4. The molecule has 0 radical (unpaired) electrons. The lowest BCUT2D eigenvalue weighted by molar-refractivity contribution is 0.335. The molecule has 0 N–H and O–H groups in total. The van der Waals surface area contributed by atoms with Gasteiger partial charge in [-0.05, 0) is 27.9 Å². The second-order valence-corrected chi connectivity index (χ2v) is 2.06. The zero-order valence-corrected chi connectivity index (χ0v) is 7.02. The first-order valence-corrected chi connectivity index (χ1v) is 3.31. The topological polar surface area (TPSA) is 3.24 Å². The highest BCUT2D eigenvalue weighted by Gasteiger charge is 1.90. The Hall–Kier alpha value is -0.0400. The highest BCUT2D eigenvalue weighted by molar-refractivity contribution is 4.46. The Morgan fingerprint density at radius 2 is 1.12 bits per heavy atom. The molecule has 0 fully saturated rings. The molecule has 0 aliphatic heterocycles. The average Bonchev–Trinajstić information content (AvgIpc) is 1.72. The highest BCUT2D eigenvalue weighted by Crippen LogP contribution is 1.84. The molecule has 1 heteroatoms. The van der Waals surface area contributed by atoms with Gasteiger partial charge in [0.25, 0.3) is 0 Å². The summed E-state index contributed by atoms with van der Waals surface area (Å²) in [5.41, 5.74) is 0. The van der Waals surface area contributed by atoms with Gasteiger partial charge in [-0.2, -0.15) is 0 Å². The van der Waals surface area contributed by atoms with Gasteiger partial charge in [-0.3, -0.25) is 0 Å². The van der Waals surface area contributed by atoms with Gasteiger partial charge in [-0.1, -0.05) is 13.8 Å². The third-order valence-corrected chi connectivity index (χ3v) is 1.03. The molecule has 8 heavy (non-hydrogen) atoms. The summed E-state index contributed by atoms with van der Waals surface area (Å²) in [6.07, 6.45) is 0. The van der Waals surface area contributed by atoms with Crippen LogP contribution in [0.1, 0.15) is 27.7 Å². The molecule has 0 spiro atoms. The molecule has 0 saturated heterocycles.